The molecule has 3 heteroatoms. The van der Waals surface area contributed by atoms with Gasteiger partial charge in [-0.25, -0.2) is 0 Å². The van der Waals surface area contributed by atoms with Gasteiger partial charge in [0.25, 0.3) is 0 Å². The van der Waals surface area contributed by atoms with Crippen LogP contribution in [0, 0.1) is 11.3 Å². The molecule has 2 heterocycles. The maximum Gasteiger partial charge on any atom is 0.0991 e. The van der Waals surface area contributed by atoms with Crippen molar-refractivity contribution in [3.8, 4) is 50.8 Å². The van der Waals surface area contributed by atoms with Crippen molar-refractivity contribution >= 4 is 43.6 Å². The number of fused-ring (bicyclic) bond motifs is 6. The number of hydrogen-bond acceptors (Lipinski definition) is 1. The van der Waals surface area contributed by atoms with Gasteiger partial charge in [0.2, 0.25) is 0 Å². The number of nitriles is 1. The first-order chi connectivity index (χ1) is 25.8. The fourth-order valence-corrected chi connectivity index (χ4v) is 8.10. The highest BCUT2D eigenvalue weighted by Gasteiger charge is 2.22. The van der Waals surface area contributed by atoms with E-state index in [0.29, 0.717) is 5.56 Å². The first-order valence-electron chi connectivity index (χ1n) is 17.6. The quantitative estimate of drug-likeness (QED) is 0.181. The van der Waals surface area contributed by atoms with E-state index in [-0.39, 0.29) is 0 Å². The predicted molar refractivity (Wildman–Crippen MR) is 216 cm³/mol. The van der Waals surface area contributed by atoms with Gasteiger partial charge in [0.15, 0.2) is 0 Å². The minimum absolute atomic E-state index is 0.657. The third-order valence-electron chi connectivity index (χ3n) is 10.4. The van der Waals surface area contributed by atoms with Crippen molar-refractivity contribution in [1.29, 1.82) is 5.26 Å². The molecule has 242 valence electrons. The molecule has 0 aliphatic heterocycles. The van der Waals surface area contributed by atoms with Crippen LogP contribution in [0.3, 0.4) is 0 Å². The van der Waals surface area contributed by atoms with Crippen molar-refractivity contribution in [2.75, 3.05) is 0 Å². The fraction of sp³-hybridized carbons (Fsp3) is 0. The second-order valence-electron chi connectivity index (χ2n) is 13.2. The van der Waals surface area contributed by atoms with E-state index in [1.165, 1.54) is 21.8 Å². The Labute approximate surface area is 301 Å². The molecule has 0 N–H and O–H groups in total. The predicted octanol–water partition coefficient (Wildman–Crippen LogP) is 12.8. The van der Waals surface area contributed by atoms with Crippen molar-refractivity contribution in [3.05, 3.63) is 194 Å². The van der Waals surface area contributed by atoms with Gasteiger partial charge in [0.05, 0.1) is 39.4 Å². The molecular weight excluding hydrogens is 631 g/mol. The normalized spacial score (nSPS) is 11.4. The molecule has 52 heavy (non-hydrogen) atoms. The van der Waals surface area contributed by atoms with E-state index >= 15 is 0 Å². The minimum atomic E-state index is 0.657. The lowest BCUT2D eigenvalue weighted by Crippen LogP contribution is -2.02. The Kier molecular flexibility index (Phi) is 6.87. The molecule has 10 aromatic rings. The van der Waals surface area contributed by atoms with E-state index in [0.717, 1.165) is 66.6 Å². The minimum Gasteiger partial charge on any atom is -0.309 e. The smallest absolute Gasteiger partial charge is 0.0991 e. The maximum absolute atomic E-state index is 9.78. The highest BCUT2D eigenvalue weighted by atomic mass is 15.0. The van der Waals surface area contributed by atoms with Crippen LogP contribution in [0.15, 0.2) is 188 Å². The lowest BCUT2D eigenvalue weighted by molar-refractivity contribution is 1.17. The first-order valence-corrected chi connectivity index (χ1v) is 17.6. The molecule has 0 saturated carbocycles. The number of rotatable bonds is 5. The summed E-state index contributed by atoms with van der Waals surface area (Å²) >= 11 is 0. The Balaban J connectivity index is 1.34. The summed E-state index contributed by atoms with van der Waals surface area (Å²) in [5.41, 5.74) is 14.3. The van der Waals surface area contributed by atoms with Crippen molar-refractivity contribution in [2.45, 2.75) is 0 Å². The molecule has 0 amide bonds. The number of nitrogens with zero attached hydrogens (tertiary/aromatic N) is 3. The zero-order valence-corrected chi connectivity index (χ0v) is 28.2. The third kappa shape index (κ3) is 4.59. The Morgan fingerprint density at radius 2 is 0.865 bits per heavy atom. The van der Waals surface area contributed by atoms with Crippen LogP contribution in [0.1, 0.15) is 5.56 Å². The van der Waals surface area contributed by atoms with E-state index in [1.54, 1.807) is 0 Å². The molecule has 10 rings (SSSR count). The third-order valence-corrected chi connectivity index (χ3v) is 10.4. The van der Waals surface area contributed by atoms with E-state index in [1.807, 2.05) is 12.1 Å². The summed E-state index contributed by atoms with van der Waals surface area (Å²) in [5.74, 6) is 0. The molecular formula is C49H31N3. The van der Waals surface area contributed by atoms with Crippen LogP contribution in [0.25, 0.3) is 88.4 Å². The van der Waals surface area contributed by atoms with Gasteiger partial charge in [-0.3, -0.25) is 0 Å². The van der Waals surface area contributed by atoms with Crippen LogP contribution < -0.4 is 0 Å². The van der Waals surface area contributed by atoms with E-state index in [4.69, 9.17) is 0 Å². The molecule has 0 fully saturated rings. The number of benzene rings is 8. The number of aromatic nitrogens is 2. The topological polar surface area (TPSA) is 33.6 Å². The van der Waals surface area contributed by atoms with Gasteiger partial charge in [0, 0.05) is 38.4 Å². The second kappa shape index (κ2) is 12.0. The lowest BCUT2D eigenvalue weighted by Gasteiger charge is -2.22. The van der Waals surface area contributed by atoms with Crippen molar-refractivity contribution in [2.24, 2.45) is 0 Å². The molecule has 0 saturated heterocycles. The van der Waals surface area contributed by atoms with Crippen LogP contribution in [-0.2, 0) is 0 Å². The van der Waals surface area contributed by atoms with Gasteiger partial charge in [0.1, 0.15) is 0 Å². The summed E-state index contributed by atoms with van der Waals surface area (Å²) in [7, 11) is 0. The van der Waals surface area contributed by atoms with E-state index in [9.17, 15) is 5.26 Å². The zero-order valence-electron chi connectivity index (χ0n) is 28.2. The van der Waals surface area contributed by atoms with Gasteiger partial charge < -0.3 is 9.13 Å². The Morgan fingerprint density at radius 1 is 0.346 bits per heavy atom. The molecule has 0 radical (unpaired) electrons. The van der Waals surface area contributed by atoms with Crippen LogP contribution >= 0.6 is 0 Å². The number of para-hydroxylation sites is 4. The average Bonchev–Trinajstić information content (AvgIpc) is 3.73. The monoisotopic (exact) mass is 661 g/mol. The summed E-state index contributed by atoms with van der Waals surface area (Å²) in [6.45, 7) is 0. The van der Waals surface area contributed by atoms with Gasteiger partial charge in [-0.2, -0.15) is 5.26 Å². The summed E-state index contributed by atoms with van der Waals surface area (Å²) in [5, 5.41) is 14.4. The largest absolute Gasteiger partial charge is 0.309 e. The molecule has 0 unspecified atom stereocenters. The zero-order chi connectivity index (χ0) is 34.6. The van der Waals surface area contributed by atoms with Crippen molar-refractivity contribution in [3.63, 3.8) is 0 Å². The molecule has 0 aliphatic rings. The van der Waals surface area contributed by atoms with Crippen LogP contribution in [0.4, 0.5) is 0 Å². The molecule has 0 aliphatic carbocycles. The SMILES string of the molecule is N#Cc1ccc2c(c1)c1ccccc1n2-c1ccc(-c2ccccc2)c(-c2cccc(-c3ccccc3)c2-n2c3ccccc3c3ccccc32)c1. The molecule has 2 aromatic heterocycles. The molecule has 0 atom stereocenters. The van der Waals surface area contributed by atoms with Crippen LogP contribution in [-0.4, -0.2) is 9.13 Å². The summed E-state index contributed by atoms with van der Waals surface area (Å²) < 4.78 is 4.80. The Morgan fingerprint density at radius 3 is 1.50 bits per heavy atom. The number of hydrogen-bond donors (Lipinski definition) is 0. The summed E-state index contributed by atoms with van der Waals surface area (Å²) in [4.78, 5) is 0. The molecule has 0 spiro atoms. The lowest BCUT2D eigenvalue weighted by atomic mass is 9.90. The summed E-state index contributed by atoms with van der Waals surface area (Å²) in [6.07, 6.45) is 0. The highest BCUT2D eigenvalue weighted by molar-refractivity contribution is 6.12. The standard InChI is InChI=1S/C49H31N3/c50-32-33-26-29-48-44(30-33)41-20-9-10-23-45(41)51(48)36-27-28-37(34-14-3-1-4-15-34)43(31-36)42-22-13-21-38(35-16-5-2-6-17-35)49(42)52-46-24-11-7-18-39(46)40-19-8-12-25-47(40)52/h1-31H. The Hall–Kier alpha value is -7.15. The average molecular weight is 662 g/mol. The second-order valence-corrected chi connectivity index (χ2v) is 13.2. The van der Waals surface area contributed by atoms with Crippen molar-refractivity contribution < 1.29 is 0 Å². The van der Waals surface area contributed by atoms with Gasteiger partial charge in [-0.15, -0.1) is 0 Å². The summed E-state index contributed by atoms with van der Waals surface area (Å²) in [6, 6.07) is 69.3. The van der Waals surface area contributed by atoms with E-state index in [2.05, 4.69) is 191 Å². The maximum atomic E-state index is 9.78. The highest BCUT2D eigenvalue weighted by Crippen LogP contribution is 2.45. The molecule has 3 nitrogen and oxygen atoms in total. The molecule has 0 bridgehead atoms. The van der Waals surface area contributed by atoms with Crippen LogP contribution in [0.2, 0.25) is 0 Å². The van der Waals surface area contributed by atoms with Crippen molar-refractivity contribution in [1.82, 2.24) is 9.13 Å². The molecule has 8 aromatic carbocycles. The fourth-order valence-electron chi connectivity index (χ4n) is 8.10. The van der Waals surface area contributed by atoms with E-state index < -0.39 is 0 Å². The van der Waals surface area contributed by atoms with Gasteiger partial charge >= 0.3 is 0 Å². The van der Waals surface area contributed by atoms with Gasteiger partial charge in [-0.05, 0) is 70.8 Å². The van der Waals surface area contributed by atoms with Gasteiger partial charge in [-0.1, -0.05) is 140 Å². The first kappa shape index (κ1) is 29.7. The Bertz CT molecular complexity index is 2960. The van der Waals surface area contributed by atoms with Crippen LogP contribution in [0.5, 0.6) is 0 Å².